The zero-order valence-electron chi connectivity index (χ0n) is 20.2. The molecule has 1 aromatic carbocycles. The number of allylic oxidation sites excluding steroid dienone is 1. The standard InChI is InChI=1S/C26H26F3N5O3/c1-15(2)17-5-3-16(4-6-17)11-22(35)33-9-7-19(8-10-33)34-14-21-20(24(34)36)12-18(13-31-21)23(30)32-25(37)26(27,28)29/h3-6,12-13,19H,1,7-11,14H2,2H3,(H2,30,32,37). The second kappa shape index (κ2) is 10.2. The number of amides is 3. The predicted octanol–water partition coefficient (Wildman–Crippen LogP) is 3.31. The highest BCUT2D eigenvalue weighted by molar-refractivity contribution is 6.09. The van der Waals surface area contributed by atoms with Crippen molar-refractivity contribution in [3.8, 4) is 0 Å². The van der Waals surface area contributed by atoms with Crippen molar-refractivity contribution in [3.63, 3.8) is 0 Å². The van der Waals surface area contributed by atoms with E-state index < -0.39 is 17.9 Å². The number of piperidine rings is 1. The van der Waals surface area contributed by atoms with Crippen LogP contribution in [-0.4, -0.2) is 63.6 Å². The lowest BCUT2D eigenvalue weighted by Crippen LogP contribution is -2.47. The van der Waals surface area contributed by atoms with Crippen LogP contribution in [-0.2, 0) is 22.6 Å². The number of halogens is 3. The molecule has 0 saturated carbocycles. The van der Waals surface area contributed by atoms with Gasteiger partial charge in [0.15, 0.2) is 0 Å². The van der Waals surface area contributed by atoms with Crippen molar-refractivity contribution in [1.29, 1.82) is 5.41 Å². The largest absolute Gasteiger partial charge is 0.471 e. The van der Waals surface area contributed by atoms with Crippen molar-refractivity contribution in [1.82, 2.24) is 20.1 Å². The van der Waals surface area contributed by atoms with Crippen LogP contribution in [0.5, 0.6) is 0 Å². The molecule has 4 rings (SSSR count). The molecule has 8 nitrogen and oxygen atoms in total. The van der Waals surface area contributed by atoms with Gasteiger partial charge in [-0.2, -0.15) is 13.2 Å². The molecule has 1 aromatic heterocycles. The van der Waals surface area contributed by atoms with E-state index >= 15 is 0 Å². The first-order valence-electron chi connectivity index (χ1n) is 11.7. The van der Waals surface area contributed by atoms with Crippen LogP contribution in [0.2, 0.25) is 0 Å². The third kappa shape index (κ3) is 5.71. The van der Waals surface area contributed by atoms with Gasteiger partial charge in [-0.05, 0) is 37.0 Å². The van der Waals surface area contributed by atoms with E-state index in [9.17, 15) is 27.6 Å². The maximum Gasteiger partial charge on any atom is 0.471 e. The minimum atomic E-state index is -5.13. The second-order valence-electron chi connectivity index (χ2n) is 9.24. The summed E-state index contributed by atoms with van der Waals surface area (Å²) in [6.45, 7) is 7.07. The minimum absolute atomic E-state index is 0.0169. The van der Waals surface area contributed by atoms with E-state index in [0.29, 0.717) is 38.0 Å². The first-order valence-corrected chi connectivity index (χ1v) is 11.7. The fraction of sp³-hybridized carbons (Fsp3) is 0.346. The number of hydrogen-bond donors (Lipinski definition) is 2. The van der Waals surface area contributed by atoms with Gasteiger partial charge in [-0.25, -0.2) is 0 Å². The average Bonchev–Trinajstić information content (AvgIpc) is 3.19. The molecule has 0 spiro atoms. The fourth-order valence-electron chi connectivity index (χ4n) is 4.50. The van der Waals surface area contributed by atoms with Gasteiger partial charge in [0.2, 0.25) is 5.91 Å². The Morgan fingerprint density at radius 3 is 2.41 bits per heavy atom. The lowest BCUT2D eigenvalue weighted by Gasteiger charge is -2.36. The summed E-state index contributed by atoms with van der Waals surface area (Å²) in [7, 11) is 0. The topological polar surface area (TPSA) is 106 Å². The normalized spacial score (nSPS) is 15.9. The zero-order valence-corrected chi connectivity index (χ0v) is 20.2. The van der Waals surface area contributed by atoms with E-state index in [-0.39, 0.29) is 35.5 Å². The molecule has 2 N–H and O–H groups in total. The molecule has 2 aromatic rings. The summed E-state index contributed by atoms with van der Waals surface area (Å²) in [4.78, 5) is 44.5. The molecule has 0 bridgehead atoms. The Kier molecular flexibility index (Phi) is 7.15. The van der Waals surface area contributed by atoms with Crippen LogP contribution in [0.15, 0.2) is 43.1 Å². The number of nitrogens with zero attached hydrogens (tertiary/aromatic N) is 3. The number of benzene rings is 1. The molecule has 0 atom stereocenters. The number of aromatic nitrogens is 1. The quantitative estimate of drug-likeness (QED) is 0.473. The summed E-state index contributed by atoms with van der Waals surface area (Å²) in [5, 5.41) is 9.22. The second-order valence-corrected chi connectivity index (χ2v) is 9.24. The van der Waals surface area contributed by atoms with E-state index in [1.54, 1.807) is 9.80 Å². The number of fused-ring (bicyclic) bond motifs is 1. The summed E-state index contributed by atoms with van der Waals surface area (Å²) >= 11 is 0. The fourth-order valence-corrected chi connectivity index (χ4v) is 4.50. The Balaban J connectivity index is 1.34. The maximum absolute atomic E-state index is 13.0. The summed E-state index contributed by atoms with van der Waals surface area (Å²) in [6, 6.07) is 8.89. The lowest BCUT2D eigenvalue weighted by atomic mass is 10.0. The summed E-state index contributed by atoms with van der Waals surface area (Å²) < 4.78 is 37.4. The van der Waals surface area contributed by atoms with Gasteiger partial charge in [0.25, 0.3) is 5.91 Å². The molecule has 0 aliphatic carbocycles. The third-order valence-electron chi connectivity index (χ3n) is 6.63. The smallest absolute Gasteiger partial charge is 0.342 e. The highest BCUT2D eigenvalue weighted by Crippen LogP contribution is 2.28. The highest BCUT2D eigenvalue weighted by atomic mass is 19.4. The molecule has 2 aliphatic rings. The van der Waals surface area contributed by atoms with Crippen molar-refractivity contribution in [2.75, 3.05) is 13.1 Å². The van der Waals surface area contributed by atoms with Crippen LogP contribution < -0.4 is 5.32 Å². The monoisotopic (exact) mass is 513 g/mol. The van der Waals surface area contributed by atoms with Crippen LogP contribution >= 0.6 is 0 Å². The molecule has 0 unspecified atom stereocenters. The molecule has 3 amide bonds. The Morgan fingerprint density at radius 2 is 1.81 bits per heavy atom. The van der Waals surface area contributed by atoms with Gasteiger partial charge in [-0.15, -0.1) is 0 Å². The van der Waals surface area contributed by atoms with Gasteiger partial charge < -0.3 is 15.1 Å². The molecular formula is C26H26F3N5O3. The first kappa shape index (κ1) is 26.1. The van der Waals surface area contributed by atoms with Gasteiger partial charge >= 0.3 is 12.1 Å². The Labute approximate surface area is 211 Å². The summed E-state index contributed by atoms with van der Waals surface area (Å²) in [6.07, 6.45) is -2.50. The lowest BCUT2D eigenvalue weighted by molar-refractivity contribution is -0.171. The van der Waals surface area contributed by atoms with Crippen LogP contribution in [0.25, 0.3) is 5.57 Å². The molecule has 0 radical (unpaired) electrons. The molecule has 1 saturated heterocycles. The van der Waals surface area contributed by atoms with E-state index in [1.807, 2.05) is 31.2 Å². The number of hydrogen-bond acceptors (Lipinski definition) is 5. The van der Waals surface area contributed by atoms with E-state index in [1.165, 1.54) is 17.6 Å². The average molecular weight is 514 g/mol. The van der Waals surface area contributed by atoms with Crippen molar-refractivity contribution >= 4 is 29.1 Å². The first-order chi connectivity index (χ1) is 17.4. The zero-order chi connectivity index (χ0) is 26.9. The number of nitrogens with one attached hydrogen (secondary N) is 2. The molecular weight excluding hydrogens is 487 g/mol. The SMILES string of the molecule is C=C(C)c1ccc(CC(=O)N2CCC(N3Cc4ncc(C(=N)NC(=O)C(F)(F)F)cc4C3=O)CC2)cc1. The van der Waals surface area contributed by atoms with E-state index in [0.717, 1.165) is 16.7 Å². The van der Waals surface area contributed by atoms with Gasteiger partial charge in [-0.1, -0.05) is 36.4 Å². The van der Waals surface area contributed by atoms with Crippen LogP contribution in [0.1, 0.15) is 52.5 Å². The van der Waals surface area contributed by atoms with Gasteiger partial charge in [0.05, 0.1) is 24.2 Å². The molecule has 194 valence electrons. The molecule has 37 heavy (non-hydrogen) atoms. The van der Waals surface area contributed by atoms with Crippen molar-refractivity contribution in [2.45, 2.75) is 44.9 Å². The summed E-state index contributed by atoms with van der Waals surface area (Å²) in [5.41, 5.74) is 3.46. The van der Waals surface area contributed by atoms with Crippen molar-refractivity contribution in [2.24, 2.45) is 0 Å². The minimum Gasteiger partial charge on any atom is -0.342 e. The Morgan fingerprint density at radius 1 is 1.16 bits per heavy atom. The number of carbonyl (C=O) groups excluding carboxylic acids is 3. The predicted molar refractivity (Wildman–Crippen MR) is 130 cm³/mol. The maximum atomic E-state index is 13.0. The number of alkyl halides is 3. The number of pyridine rings is 1. The van der Waals surface area contributed by atoms with Gasteiger partial charge in [0, 0.05) is 30.9 Å². The number of carbonyl (C=O) groups is 3. The number of amidine groups is 1. The summed E-state index contributed by atoms with van der Waals surface area (Å²) in [5.74, 6) is -3.37. The van der Waals surface area contributed by atoms with Crippen LogP contribution in [0.4, 0.5) is 13.2 Å². The van der Waals surface area contributed by atoms with Crippen molar-refractivity contribution in [3.05, 3.63) is 71.1 Å². The molecule has 11 heteroatoms. The van der Waals surface area contributed by atoms with E-state index in [4.69, 9.17) is 5.41 Å². The number of rotatable bonds is 5. The van der Waals surface area contributed by atoms with Gasteiger partial charge in [0.1, 0.15) is 5.84 Å². The molecule has 2 aliphatic heterocycles. The third-order valence-corrected chi connectivity index (χ3v) is 6.63. The Hall–Kier alpha value is -4.02. The van der Waals surface area contributed by atoms with Crippen LogP contribution in [0, 0.1) is 5.41 Å². The molecule has 3 heterocycles. The van der Waals surface area contributed by atoms with Crippen LogP contribution in [0.3, 0.4) is 0 Å². The van der Waals surface area contributed by atoms with E-state index in [2.05, 4.69) is 11.6 Å². The van der Waals surface area contributed by atoms with Gasteiger partial charge in [-0.3, -0.25) is 24.8 Å². The molecule has 1 fully saturated rings. The Bertz CT molecular complexity index is 1270. The number of likely N-dealkylation sites (tertiary alicyclic amines) is 1. The van der Waals surface area contributed by atoms with Crippen molar-refractivity contribution < 1.29 is 27.6 Å². The highest BCUT2D eigenvalue weighted by Gasteiger charge is 2.40.